The Morgan fingerprint density at radius 1 is 1.31 bits per heavy atom. The lowest BCUT2D eigenvalue weighted by Crippen LogP contribution is -2.50. The monoisotopic (exact) mass is 225 g/mol. The van der Waals surface area contributed by atoms with Gasteiger partial charge < -0.3 is 16.0 Å². The van der Waals surface area contributed by atoms with Crippen LogP contribution in [0.25, 0.3) is 0 Å². The van der Waals surface area contributed by atoms with E-state index in [-0.39, 0.29) is 0 Å². The van der Waals surface area contributed by atoms with Gasteiger partial charge in [-0.15, -0.1) is 0 Å². The molecular formula is C13H27N3. The van der Waals surface area contributed by atoms with Gasteiger partial charge in [-0.1, -0.05) is 6.42 Å². The van der Waals surface area contributed by atoms with E-state index >= 15 is 0 Å². The third kappa shape index (κ3) is 2.76. The van der Waals surface area contributed by atoms with Crippen LogP contribution in [0.4, 0.5) is 0 Å². The number of nitrogens with one attached hydrogen (secondary N) is 1. The molecule has 94 valence electrons. The summed E-state index contributed by atoms with van der Waals surface area (Å²) >= 11 is 0. The van der Waals surface area contributed by atoms with Gasteiger partial charge in [0.15, 0.2) is 0 Å². The van der Waals surface area contributed by atoms with Crippen LogP contribution in [0.2, 0.25) is 0 Å². The van der Waals surface area contributed by atoms with Crippen LogP contribution < -0.4 is 11.1 Å². The molecule has 0 amide bonds. The molecule has 3 heteroatoms. The molecule has 0 aromatic carbocycles. The van der Waals surface area contributed by atoms with E-state index in [1.54, 1.807) is 0 Å². The molecule has 4 atom stereocenters. The van der Waals surface area contributed by atoms with Gasteiger partial charge in [0.2, 0.25) is 0 Å². The van der Waals surface area contributed by atoms with Crippen LogP contribution in [0.3, 0.4) is 0 Å². The highest BCUT2D eigenvalue weighted by molar-refractivity contribution is 4.89. The topological polar surface area (TPSA) is 41.3 Å². The number of nitrogens with zero attached hydrogens (tertiary/aromatic N) is 1. The van der Waals surface area contributed by atoms with Crippen molar-refractivity contribution in [2.45, 2.75) is 57.2 Å². The van der Waals surface area contributed by atoms with E-state index in [9.17, 15) is 0 Å². The number of hydrogen-bond acceptors (Lipinski definition) is 3. The van der Waals surface area contributed by atoms with E-state index in [0.717, 1.165) is 24.5 Å². The van der Waals surface area contributed by atoms with Crippen molar-refractivity contribution < 1.29 is 0 Å². The fourth-order valence-electron chi connectivity index (χ4n) is 3.28. The molecule has 4 unspecified atom stereocenters. The molecule has 1 aliphatic heterocycles. The molecule has 1 heterocycles. The highest BCUT2D eigenvalue weighted by atomic mass is 15.1. The lowest BCUT2D eigenvalue weighted by molar-refractivity contribution is 0.158. The highest BCUT2D eigenvalue weighted by Crippen LogP contribution is 2.26. The summed E-state index contributed by atoms with van der Waals surface area (Å²) < 4.78 is 0. The second-order valence-electron chi connectivity index (χ2n) is 5.75. The van der Waals surface area contributed by atoms with Crippen LogP contribution in [0.15, 0.2) is 0 Å². The van der Waals surface area contributed by atoms with Gasteiger partial charge in [-0.2, -0.15) is 0 Å². The zero-order valence-electron chi connectivity index (χ0n) is 10.8. The van der Waals surface area contributed by atoms with E-state index < -0.39 is 0 Å². The van der Waals surface area contributed by atoms with Gasteiger partial charge in [0.25, 0.3) is 0 Å². The molecule has 0 bridgehead atoms. The Morgan fingerprint density at radius 3 is 2.81 bits per heavy atom. The molecular weight excluding hydrogens is 198 g/mol. The zero-order chi connectivity index (χ0) is 11.5. The van der Waals surface area contributed by atoms with Gasteiger partial charge in [0.1, 0.15) is 0 Å². The predicted molar refractivity (Wildman–Crippen MR) is 68.4 cm³/mol. The minimum atomic E-state index is 0.700. The lowest BCUT2D eigenvalue weighted by Gasteiger charge is -2.37. The van der Waals surface area contributed by atoms with Crippen molar-refractivity contribution in [1.82, 2.24) is 10.2 Å². The van der Waals surface area contributed by atoms with Crippen molar-refractivity contribution in [2.75, 3.05) is 20.1 Å². The number of nitrogens with two attached hydrogens (primary N) is 1. The molecule has 2 aliphatic rings. The van der Waals surface area contributed by atoms with Crippen molar-refractivity contribution in [3.8, 4) is 0 Å². The summed E-state index contributed by atoms with van der Waals surface area (Å²) in [6.45, 7) is 4.43. The minimum absolute atomic E-state index is 0.700. The summed E-state index contributed by atoms with van der Waals surface area (Å²) in [6, 6.07) is 2.15. The van der Waals surface area contributed by atoms with Crippen molar-refractivity contribution in [2.24, 2.45) is 11.7 Å². The van der Waals surface area contributed by atoms with E-state index in [1.165, 1.54) is 38.6 Å². The summed E-state index contributed by atoms with van der Waals surface area (Å²) in [5.74, 6) is 0.731. The maximum Gasteiger partial charge on any atom is 0.0110 e. The molecule has 0 aromatic heterocycles. The standard InChI is InChI=1S/C13H27N3/c1-10-8-12(6-7-16(10)2)15-13-5-3-4-11(13)9-14/h10-13,15H,3-9,14H2,1-2H3. The first-order valence-corrected chi connectivity index (χ1v) is 6.87. The summed E-state index contributed by atoms with van der Waals surface area (Å²) in [5, 5.41) is 3.86. The van der Waals surface area contributed by atoms with Crippen LogP contribution >= 0.6 is 0 Å². The number of rotatable bonds is 3. The first-order chi connectivity index (χ1) is 7.70. The highest BCUT2D eigenvalue weighted by Gasteiger charge is 2.30. The molecule has 0 aromatic rings. The van der Waals surface area contributed by atoms with Gasteiger partial charge in [0, 0.05) is 18.1 Å². The fraction of sp³-hybridized carbons (Fsp3) is 1.00. The Balaban J connectivity index is 1.81. The van der Waals surface area contributed by atoms with E-state index in [1.807, 2.05) is 0 Å². The number of likely N-dealkylation sites (tertiary alicyclic amines) is 1. The fourth-order valence-corrected chi connectivity index (χ4v) is 3.28. The van der Waals surface area contributed by atoms with Gasteiger partial charge in [-0.05, 0) is 58.7 Å². The van der Waals surface area contributed by atoms with Gasteiger partial charge in [0.05, 0.1) is 0 Å². The van der Waals surface area contributed by atoms with E-state index in [0.29, 0.717) is 6.04 Å². The summed E-state index contributed by atoms with van der Waals surface area (Å²) in [4.78, 5) is 2.47. The van der Waals surface area contributed by atoms with Crippen LogP contribution in [0.1, 0.15) is 39.0 Å². The Labute approximate surface area is 99.8 Å². The van der Waals surface area contributed by atoms with E-state index in [4.69, 9.17) is 5.73 Å². The Bertz CT molecular complexity index is 219. The normalized spacial score (nSPS) is 41.4. The second-order valence-corrected chi connectivity index (χ2v) is 5.75. The Morgan fingerprint density at radius 2 is 2.12 bits per heavy atom. The number of hydrogen-bond donors (Lipinski definition) is 2. The number of piperidine rings is 1. The molecule has 2 rings (SSSR count). The molecule has 1 saturated heterocycles. The first kappa shape index (κ1) is 12.3. The molecule has 0 radical (unpaired) electrons. The smallest absolute Gasteiger partial charge is 0.0110 e. The Hall–Kier alpha value is -0.120. The van der Waals surface area contributed by atoms with Gasteiger partial charge in [-0.25, -0.2) is 0 Å². The van der Waals surface area contributed by atoms with Crippen LogP contribution in [0, 0.1) is 5.92 Å². The molecule has 0 spiro atoms. The minimum Gasteiger partial charge on any atom is -0.330 e. The molecule has 3 N–H and O–H groups in total. The maximum absolute atomic E-state index is 5.83. The second kappa shape index (κ2) is 5.48. The van der Waals surface area contributed by atoms with Gasteiger partial charge in [-0.3, -0.25) is 0 Å². The zero-order valence-corrected chi connectivity index (χ0v) is 10.8. The van der Waals surface area contributed by atoms with Crippen molar-refractivity contribution in [1.29, 1.82) is 0 Å². The SMILES string of the molecule is CC1CC(NC2CCCC2CN)CCN1C. The summed E-state index contributed by atoms with van der Waals surface area (Å²) in [5.41, 5.74) is 5.83. The van der Waals surface area contributed by atoms with Gasteiger partial charge >= 0.3 is 0 Å². The van der Waals surface area contributed by atoms with Crippen LogP contribution in [-0.4, -0.2) is 43.2 Å². The quantitative estimate of drug-likeness (QED) is 0.758. The van der Waals surface area contributed by atoms with Crippen LogP contribution in [-0.2, 0) is 0 Å². The largest absolute Gasteiger partial charge is 0.330 e. The molecule has 1 saturated carbocycles. The third-order valence-electron chi connectivity index (χ3n) is 4.62. The average molecular weight is 225 g/mol. The maximum atomic E-state index is 5.83. The van der Waals surface area contributed by atoms with Crippen molar-refractivity contribution >= 4 is 0 Å². The lowest BCUT2D eigenvalue weighted by atomic mass is 9.96. The molecule has 3 nitrogen and oxygen atoms in total. The summed E-state index contributed by atoms with van der Waals surface area (Å²) in [6.07, 6.45) is 6.62. The van der Waals surface area contributed by atoms with Crippen LogP contribution in [0.5, 0.6) is 0 Å². The Kier molecular flexibility index (Phi) is 4.22. The van der Waals surface area contributed by atoms with Crippen molar-refractivity contribution in [3.05, 3.63) is 0 Å². The predicted octanol–water partition coefficient (Wildman–Crippen LogP) is 1.19. The molecule has 16 heavy (non-hydrogen) atoms. The van der Waals surface area contributed by atoms with E-state index in [2.05, 4.69) is 24.2 Å². The third-order valence-corrected chi connectivity index (χ3v) is 4.62. The molecule has 2 fully saturated rings. The average Bonchev–Trinajstić information content (AvgIpc) is 2.71. The first-order valence-electron chi connectivity index (χ1n) is 6.87. The summed E-state index contributed by atoms with van der Waals surface area (Å²) in [7, 11) is 2.24. The molecule has 1 aliphatic carbocycles. The van der Waals surface area contributed by atoms with Crippen molar-refractivity contribution in [3.63, 3.8) is 0 Å².